The SMILES string of the molecule is Cn1c(N)c(C(=O)COC(=O)COc2ccc(C(C)(C)C)cc2)c(=O)[nH]c1=O. The van der Waals surface area contributed by atoms with Crippen LogP contribution in [0.5, 0.6) is 5.75 Å². The van der Waals surface area contributed by atoms with E-state index in [2.05, 4.69) is 20.8 Å². The molecule has 0 aliphatic carbocycles. The summed E-state index contributed by atoms with van der Waals surface area (Å²) in [4.78, 5) is 49.1. The van der Waals surface area contributed by atoms with E-state index >= 15 is 0 Å². The Labute approximate surface area is 161 Å². The number of H-pyrrole nitrogens is 1. The molecule has 0 fully saturated rings. The summed E-state index contributed by atoms with van der Waals surface area (Å²) in [6, 6.07) is 7.28. The maximum Gasteiger partial charge on any atom is 0.344 e. The Bertz CT molecular complexity index is 996. The summed E-state index contributed by atoms with van der Waals surface area (Å²) in [6.45, 7) is 5.15. The lowest BCUT2D eigenvalue weighted by Gasteiger charge is -2.19. The highest BCUT2D eigenvalue weighted by Gasteiger charge is 2.20. The number of Topliss-reactive ketones (excluding diaryl/α,β-unsaturated/α-hetero) is 1. The molecule has 1 heterocycles. The Hall–Kier alpha value is -3.36. The summed E-state index contributed by atoms with van der Waals surface area (Å²) in [7, 11) is 1.30. The van der Waals surface area contributed by atoms with Crippen LogP contribution in [0.4, 0.5) is 5.82 Å². The van der Waals surface area contributed by atoms with Gasteiger partial charge in [-0.15, -0.1) is 0 Å². The van der Waals surface area contributed by atoms with Gasteiger partial charge in [0.15, 0.2) is 13.2 Å². The van der Waals surface area contributed by atoms with Gasteiger partial charge in [0.1, 0.15) is 17.1 Å². The second kappa shape index (κ2) is 8.12. The van der Waals surface area contributed by atoms with Gasteiger partial charge < -0.3 is 15.2 Å². The maximum absolute atomic E-state index is 12.1. The molecule has 28 heavy (non-hydrogen) atoms. The molecule has 9 heteroatoms. The van der Waals surface area contributed by atoms with Gasteiger partial charge in [-0.05, 0) is 23.1 Å². The van der Waals surface area contributed by atoms with Gasteiger partial charge >= 0.3 is 11.7 Å². The van der Waals surface area contributed by atoms with Crippen molar-refractivity contribution in [3.8, 4) is 5.75 Å². The minimum absolute atomic E-state index is 0.00154. The zero-order valence-electron chi connectivity index (χ0n) is 16.2. The molecule has 3 N–H and O–H groups in total. The monoisotopic (exact) mass is 389 g/mol. The van der Waals surface area contributed by atoms with Crippen LogP contribution in [0.3, 0.4) is 0 Å². The van der Waals surface area contributed by atoms with Crippen molar-refractivity contribution in [2.45, 2.75) is 26.2 Å². The van der Waals surface area contributed by atoms with Crippen LogP contribution < -0.4 is 21.7 Å². The fourth-order valence-electron chi connectivity index (χ4n) is 2.36. The van der Waals surface area contributed by atoms with Crippen molar-refractivity contribution < 1.29 is 19.1 Å². The Balaban J connectivity index is 1.93. The van der Waals surface area contributed by atoms with Crippen molar-refractivity contribution in [1.29, 1.82) is 0 Å². The first kappa shape index (κ1) is 20.9. The number of nitrogen functional groups attached to an aromatic ring is 1. The highest BCUT2D eigenvalue weighted by atomic mass is 16.6. The van der Waals surface area contributed by atoms with E-state index in [4.69, 9.17) is 15.2 Å². The smallest absolute Gasteiger partial charge is 0.344 e. The summed E-state index contributed by atoms with van der Waals surface area (Å²) in [6.07, 6.45) is 0. The lowest BCUT2D eigenvalue weighted by Crippen LogP contribution is -2.36. The molecule has 9 nitrogen and oxygen atoms in total. The number of nitrogens with zero attached hydrogens (tertiary/aromatic N) is 1. The van der Waals surface area contributed by atoms with Crippen molar-refractivity contribution in [3.05, 3.63) is 56.2 Å². The molecule has 0 spiro atoms. The topological polar surface area (TPSA) is 133 Å². The number of aromatic nitrogens is 2. The molecule has 150 valence electrons. The normalized spacial score (nSPS) is 11.1. The van der Waals surface area contributed by atoms with Gasteiger partial charge in [0.25, 0.3) is 5.56 Å². The van der Waals surface area contributed by atoms with E-state index in [0.29, 0.717) is 5.75 Å². The van der Waals surface area contributed by atoms with Crippen molar-refractivity contribution in [2.24, 2.45) is 7.05 Å². The molecule has 0 saturated heterocycles. The number of hydrogen-bond acceptors (Lipinski definition) is 7. The molecule has 0 saturated carbocycles. The first-order valence-electron chi connectivity index (χ1n) is 8.51. The molecular formula is C19H23N3O6. The molecule has 0 atom stereocenters. The number of esters is 1. The predicted molar refractivity (Wildman–Crippen MR) is 103 cm³/mol. The van der Waals surface area contributed by atoms with E-state index in [1.54, 1.807) is 12.1 Å². The van der Waals surface area contributed by atoms with Gasteiger partial charge in [0, 0.05) is 7.05 Å². The number of carbonyl (C=O) groups excluding carboxylic acids is 2. The molecule has 2 rings (SSSR count). The standard InChI is InChI=1S/C19H23N3O6/c1-19(2,3)11-5-7-12(8-6-11)27-10-14(24)28-9-13(23)15-16(20)22(4)18(26)21-17(15)25/h5-8H,9-10,20H2,1-4H3,(H,21,25,26). The quantitative estimate of drug-likeness (QED) is 0.550. The third-order valence-electron chi connectivity index (χ3n) is 4.09. The van der Waals surface area contributed by atoms with E-state index < -0.39 is 41.8 Å². The summed E-state index contributed by atoms with van der Waals surface area (Å²) < 4.78 is 11.1. The van der Waals surface area contributed by atoms with Crippen molar-refractivity contribution in [1.82, 2.24) is 9.55 Å². The minimum atomic E-state index is -0.933. The van der Waals surface area contributed by atoms with Crippen LogP contribution in [0.15, 0.2) is 33.9 Å². The highest BCUT2D eigenvalue weighted by molar-refractivity contribution is 6.01. The number of rotatable bonds is 6. The van der Waals surface area contributed by atoms with Gasteiger partial charge in [0.2, 0.25) is 5.78 Å². The predicted octanol–water partition coefficient (Wildman–Crippen LogP) is 0.758. The fraction of sp³-hybridized carbons (Fsp3) is 0.368. The molecule has 1 aromatic heterocycles. The highest BCUT2D eigenvalue weighted by Crippen LogP contribution is 2.24. The van der Waals surface area contributed by atoms with Crippen LogP contribution in [0, 0.1) is 0 Å². The van der Waals surface area contributed by atoms with Crippen LogP contribution in [-0.2, 0) is 22.0 Å². The Morgan fingerprint density at radius 3 is 2.29 bits per heavy atom. The second-order valence-electron chi connectivity index (χ2n) is 7.23. The maximum atomic E-state index is 12.1. The summed E-state index contributed by atoms with van der Waals surface area (Å²) in [5.74, 6) is -1.43. The zero-order chi connectivity index (χ0) is 21.1. The Kier molecular flexibility index (Phi) is 6.07. The van der Waals surface area contributed by atoms with E-state index in [-0.39, 0.29) is 11.2 Å². The van der Waals surface area contributed by atoms with Crippen molar-refractivity contribution >= 4 is 17.6 Å². The van der Waals surface area contributed by atoms with E-state index in [1.165, 1.54) is 7.05 Å². The van der Waals surface area contributed by atoms with Crippen LogP contribution in [0.2, 0.25) is 0 Å². The molecule has 1 aromatic carbocycles. The molecule has 2 aromatic rings. The fourth-order valence-corrected chi connectivity index (χ4v) is 2.36. The van der Waals surface area contributed by atoms with Crippen LogP contribution in [0.25, 0.3) is 0 Å². The largest absolute Gasteiger partial charge is 0.482 e. The third-order valence-corrected chi connectivity index (χ3v) is 4.09. The van der Waals surface area contributed by atoms with Gasteiger partial charge in [-0.1, -0.05) is 32.9 Å². The van der Waals surface area contributed by atoms with Crippen LogP contribution in [-0.4, -0.2) is 34.5 Å². The molecule has 0 amide bonds. The number of benzene rings is 1. The summed E-state index contributed by atoms with van der Waals surface area (Å²) in [5, 5.41) is 0. The zero-order valence-corrected chi connectivity index (χ0v) is 16.2. The average molecular weight is 389 g/mol. The molecular weight excluding hydrogens is 366 g/mol. The molecule has 0 aliphatic rings. The lowest BCUT2D eigenvalue weighted by molar-refractivity contribution is -0.144. The van der Waals surface area contributed by atoms with E-state index in [1.807, 2.05) is 17.1 Å². The molecule has 0 unspecified atom stereocenters. The summed E-state index contributed by atoms with van der Waals surface area (Å²) in [5.41, 5.74) is 4.62. The number of nitrogens with two attached hydrogens (primary N) is 1. The first-order chi connectivity index (χ1) is 13.0. The minimum Gasteiger partial charge on any atom is -0.482 e. The summed E-state index contributed by atoms with van der Waals surface area (Å²) >= 11 is 0. The van der Waals surface area contributed by atoms with Crippen LogP contribution in [0.1, 0.15) is 36.7 Å². The number of nitrogens with one attached hydrogen (secondary N) is 1. The Morgan fingerprint density at radius 2 is 1.71 bits per heavy atom. The molecule has 0 radical (unpaired) electrons. The Morgan fingerprint density at radius 1 is 1.11 bits per heavy atom. The van der Waals surface area contributed by atoms with Crippen molar-refractivity contribution in [2.75, 3.05) is 18.9 Å². The average Bonchev–Trinajstić information content (AvgIpc) is 2.62. The first-order valence-corrected chi connectivity index (χ1v) is 8.51. The second-order valence-corrected chi connectivity index (χ2v) is 7.23. The van der Waals surface area contributed by atoms with Gasteiger partial charge in [-0.25, -0.2) is 9.59 Å². The van der Waals surface area contributed by atoms with E-state index in [9.17, 15) is 19.2 Å². The third kappa shape index (κ3) is 4.87. The molecule has 0 aliphatic heterocycles. The van der Waals surface area contributed by atoms with Crippen LogP contribution >= 0.6 is 0 Å². The van der Waals surface area contributed by atoms with Gasteiger partial charge in [-0.2, -0.15) is 0 Å². The van der Waals surface area contributed by atoms with E-state index in [0.717, 1.165) is 10.1 Å². The number of carbonyl (C=O) groups is 2. The number of ketones is 1. The lowest BCUT2D eigenvalue weighted by atomic mass is 9.87. The number of hydrogen-bond donors (Lipinski definition) is 2. The molecule has 0 bridgehead atoms. The van der Waals surface area contributed by atoms with Gasteiger partial charge in [-0.3, -0.25) is 19.1 Å². The number of aromatic amines is 1. The number of anilines is 1. The number of ether oxygens (including phenoxy) is 2. The van der Waals surface area contributed by atoms with Crippen molar-refractivity contribution in [3.63, 3.8) is 0 Å². The van der Waals surface area contributed by atoms with Gasteiger partial charge in [0.05, 0.1) is 0 Å².